The summed E-state index contributed by atoms with van der Waals surface area (Å²) in [5, 5.41) is 0.370. The van der Waals surface area contributed by atoms with Crippen LogP contribution in [-0.4, -0.2) is 16.8 Å². The first kappa shape index (κ1) is 12.6. The zero-order valence-electron chi connectivity index (χ0n) is 9.43. The van der Waals surface area contributed by atoms with Gasteiger partial charge in [-0.15, -0.1) is 0 Å². The third-order valence-corrected chi connectivity index (χ3v) is 3.81. The molecule has 0 unspecified atom stereocenters. The number of amides is 2. The highest BCUT2D eigenvalue weighted by Crippen LogP contribution is 2.33. The molecule has 94 valence electrons. The van der Waals surface area contributed by atoms with E-state index < -0.39 is 5.91 Å². The maximum Gasteiger partial charge on any atom is 0.267 e. The highest BCUT2D eigenvalue weighted by molar-refractivity contribution is 14.1. The molecule has 0 aliphatic carbocycles. The lowest BCUT2D eigenvalue weighted by molar-refractivity contribution is 0.0926. The van der Waals surface area contributed by atoms with Crippen LogP contribution >= 0.6 is 34.2 Å². The predicted octanol–water partition coefficient (Wildman–Crippen LogP) is 3.14. The summed E-state index contributed by atoms with van der Waals surface area (Å²) in [6.45, 7) is 0. The van der Waals surface area contributed by atoms with Crippen LogP contribution in [0, 0.1) is 3.57 Å². The monoisotopic (exact) mass is 384 g/mol. The second-order valence-corrected chi connectivity index (χ2v) is 5.62. The number of hydrogen-bond donors (Lipinski definition) is 0. The van der Waals surface area contributed by atoms with Gasteiger partial charge >= 0.3 is 0 Å². The number of benzene rings is 1. The van der Waals surface area contributed by atoms with Gasteiger partial charge in [0.15, 0.2) is 0 Å². The summed E-state index contributed by atoms with van der Waals surface area (Å²) in [7, 11) is 0. The van der Waals surface area contributed by atoms with E-state index in [-0.39, 0.29) is 5.91 Å². The van der Waals surface area contributed by atoms with Gasteiger partial charge in [0, 0.05) is 16.0 Å². The van der Waals surface area contributed by atoms with Crippen molar-refractivity contribution in [3.8, 4) is 0 Å². The van der Waals surface area contributed by atoms with Gasteiger partial charge in [-0.2, -0.15) is 0 Å². The fourth-order valence-corrected chi connectivity index (χ4v) is 2.91. The van der Waals surface area contributed by atoms with Crippen LogP contribution in [0.2, 0.25) is 5.02 Å². The van der Waals surface area contributed by atoms with Gasteiger partial charge in [0.2, 0.25) is 0 Å². The number of rotatable bonds is 1. The molecule has 1 aliphatic heterocycles. The highest BCUT2D eigenvalue weighted by atomic mass is 127. The van der Waals surface area contributed by atoms with E-state index in [1.165, 1.54) is 18.5 Å². The molecule has 1 aliphatic rings. The second-order valence-electron chi connectivity index (χ2n) is 3.96. The van der Waals surface area contributed by atoms with Gasteiger partial charge in [-0.05, 0) is 46.9 Å². The van der Waals surface area contributed by atoms with Crippen LogP contribution in [0.4, 0.5) is 5.69 Å². The molecule has 0 N–H and O–H groups in total. The van der Waals surface area contributed by atoms with Crippen molar-refractivity contribution >= 4 is 51.7 Å². The van der Waals surface area contributed by atoms with Crippen LogP contribution in [0.25, 0.3) is 0 Å². The van der Waals surface area contributed by atoms with E-state index in [0.717, 1.165) is 8.47 Å². The summed E-state index contributed by atoms with van der Waals surface area (Å²) >= 11 is 8.23. The van der Waals surface area contributed by atoms with Gasteiger partial charge < -0.3 is 0 Å². The van der Waals surface area contributed by atoms with Crippen molar-refractivity contribution in [2.24, 2.45) is 0 Å². The number of carbonyl (C=O) groups is 2. The van der Waals surface area contributed by atoms with E-state index >= 15 is 0 Å². The van der Waals surface area contributed by atoms with Crippen molar-refractivity contribution < 1.29 is 9.59 Å². The third-order valence-electron chi connectivity index (χ3n) is 2.84. The largest absolute Gasteiger partial charge is 0.268 e. The maximum atomic E-state index is 12.3. The molecule has 0 spiro atoms. The molecule has 0 bridgehead atoms. The molecule has 1 aromatic carbocycles. The SMILES string of the molecule is O=C1c2ccncc2C(=O)N1c1ccc(I)cc1Cl. The molecule has 2 heterocycles. The lowest BCUT2D eigenvalue weighted by atomic mass is 10.2. The third kappa shape index (κ3) is 1.93. The van der Waals surface area contributed by atoms with Crippen molar-refractivity contribution in [2.45, 2.75) is 0 Å². The topological polar surface area (TPSA) is 50.3 Å². The Kier molecular flexibility index (Phi) is 3.02. The maximum absolute atomic E-state index is 12.3. The Hall–Kier alpha value is -1.47. The van der Waals surface area contributed by atoms with Gasteiger partial charge in [-0.3, -0.25) is 14.6 Å². The number of anilines is 1. The summed E-state index contributed by atoms with van der Waals surface area (Å²) < 4.78 is 0.935. The van der Waals surface area contributed by atoms with Crippen molar-refractivity contribution in [1.29, 1.82) is 0 Å². The number of halogens is 2. The number of pyridine rings is 1. The van der Waals surface area contributed by atoms with Crippen molar-refractivity contribution in [1.82, 2.24) is 4.98 Å². The Morgan fingerprint density at radius 1 is 1.11 bits per heavy atom. The van der Waals surface area contributed by atoms with Crippen molar-refractivity contribution in [3.63, 3.8) is 0 Å². The Morgan fingerprint density at radius 2 is 1.84 bits per heavy atom. The Morgan fingerprint density at radius 3 is 2.53 bits per heavy atom. The minimum absolute atomic E-state index is 0.308. The second kappa shape index (κ2) is 4.57. The Bertz CT molecular complexity index is 683. The first-order valence-corrected chi connectivity index (χ1v) is 6.83. The molecule has 1 aromatic heterocycles. The van der Waals surface area contributed by atoms with E-state index in [0.29, 0.717) is 21.8 Å². The molecule has 0 fully saturated rings. The van der Waals surface area contributed by atoms with Gasteiger partial charge in [0.05, 0.1) is 21.8 Å². The molecule has 2 amide bonds. The van der Waals surface area contributed by atoms with E-state index in [4.69, 9.17) is 11.6 Å². The zero-order valence-corrected chi connectivity index (χ0v) is 12.3. The number of fused-ring (bicyclic) bond motifs is 1. The number of carbonyl (C=O) groups excluding carboxylic acids is 2. The lowest BCUT2D eigenvalue weighted by Crippen LogP contribution is -2.29. The summed E-state index contributed by atoms with van der Waals surface area (Å²) in [5.41, 5.74) is 1.06. The fourth-order valence-electron chi connectivity index (χ4n) is 1.97. The van der Waals surface area contributed by atoms with Crippen LogP contribution in [0.1, 0.15) is 20.7 Å². The van der Waals surface area contributed by atoms with E-state index in [1.54, 1.807) is 18.2 Å². The summed E-state index contributed by atoms with van der Waals surface area (Å²) in [6, 6.07) is 6.71. The van der Waals surface area contributed by atoms with Crippen molar-refractivity contribution in [3.05, 3.63) is 56.4 Å². The molecular formula is C13H6ClIN2O2. The molecule has 3 rings (SSSR count). The van der Waals surface area contributed by atoms with Gasteiger partial charge in [-0.1, -0.05) is 11.6 Å². The molecule has 0 saturated heterocycles. The molecule has 19 heavy (non-hydrogen) atoms. The fraction of sp³-hybridized carbons (Fsp3) is 0. The normalized spacial score (nSPS) is 13.9. The van der Waals surface area contributed by atoms with E-state index in [1.807, 2.05) is 0 Å². The molecular weight excluding hydrogens is 379 g/mol. The smallest absolute Gasteiger partial charge is 0.267 e. The average molecular weight is 385 g/mol. The van der Waals surface area contributed by atoms with Crippen LogP contribution in [0.3, 0.4) is 0 Å². The quantitative estimate of drug-likeness (QED) is 0.561. The van der Waals surface area contributed by atoms with Crippen LogP contribution < -0.4 is 4.90 Å². The zero-order chi connectivity index (χ0) is 13.6. The highest BCUT2D eigenvalue weighted by Gasteiger charge is 2.37. The van der Waals surface area contributed by atoms with Gasteiger partial charge in [-0.25, -0.2) is 4.90 Å². The Balaban J connectivity index is 2.14. The van der Waals surface area contributed by atoms with E-state index in [2.05, 4.69) is 27.6 Å². The summed E-state index contributed by atoms with van der Waals surface area (Å²) in [5.74, 6) is -0.762. The summed E-state index contributed by atoms with van der Waals surface area (Å²) in [4.78, 5) is 29.5. The minimum atomic E-state index is -0.392. The molecule has 0 radical (unpaired) electrons. The molecule has 4 nitrogen and oxygen atoms in total. The average Bonchev–Trinajstić information content (AvgIpc) is 2.64. The molecule has 0 atom stereocenters. The van der Waals surface area contributed by atoms with Crippen LogP contribution in [0.15, 0.2) is 36.7 Å². The van der Waals surface area contributed by atoms with E-state index in [9.17, 15) is 9.59 Å². The van der Waals surface area contributed by atoms with Crippen LogP contribution in [-0.2, 0) is 0 Å². The number of nitrogens with zero attached hydrogens (tertiary/aromatic N) is 2. The molecule has 0 saturated carbocycles. The first-order valence-electron chi connectivity index (χ1n) is 5.37. The molecule has 2 aromatic rings. The lowest BCUT2D eigenvalue weighted by Gasteiger charge is -2.15. The first-order chi connectivity index (χ1) is 9.09. The minimum Gasteiger partial charge on any atom is -0.268 e. The predicted molar refractivity (Wildman–Crippen MR) is 79.5 cm³/mol. The standard InChI is InChI=1S/C13H6ClIN2O2/c14-10-5-7(15)1-2-11(10)17-12(18)8-3-4-16-6-9(8)13(17)19/h1-6H. The van der Waals surface area contributed by atoms with Gasteiger partial charge in [0.1, 0.15) is 0 Å². The number of aromatic nitrogens is 1. The van der Waals surface area contributed by atoms with Gasteiger partial charge in [0.25, 0.3) is 11.8 Å². The Labute approximate surface area is 127 Å². The van der Waals surface area contributed by atoms with Crippen LogP contribution in [0.5, 0.6) is 0 Å². The number of imide groups is 1. The summed E-state index contributed by atoms with van der Waals surface area (Å²) in [6.07, 6.45) is 2.89. The van der Waals surface area contributed by atoms with Crippen molar-refractivity contribution in [2.75, 3.05) is 4.90 Å². The molecule has 6 heteroatoms. The number of hydrogen-bond acceptors (Lipinski definition) is 3.